The van der Waals surface area contributed by atoms with Gasteiger partial charge in [-0.3, -0.25) is 14.5 Å². The number of Topliss-reactive ketones (excluding diaryl/α,β-unsaturated/α-hetero) is 1. The average Bonchev–Trinajstić information content (AvgIpc) is 3.23. The number of likely N-dealkylation sites (tertiary alicyclic amines) is 1. The first-order valence-corrected chi connectivity index (χ1v) is 12.9. The van der Waals surface area contributed by atoms with E-state index in [2.05, 4.69) is 14.7 Å². The number of ether oxygens (including phenoxy) is 1. The summed E-state index contributed by atoms with van der Waals surface area (Å²) >= 11 is 6.16. The van der Waals surface area contributed by atoms with Gasteiger partial charge >= 0.3 is 0 Å². The molecule has 3 heterocycles. The summed E-state index contributed by atoms with van der Waals surface area (Å²) in [5.74, 6) is -0.468. The van der Waals surface area contributed by atoms with Crippen LogP contribution in [0.1, 0.15) is 19.8 Å². The summed E-state index contributed by atoms with van der Waals surface area (Å²) < 4.78 is 47.1. The van der Waals surface area contributed by atoms with Crippen LogP contribution in [0.2, 0.25) is 0 Å². The van der Waals surface area contributed by atoms with Crippen LogP contribution in [0.15, 0.2) is 52.3 Å². The summed E-state index contributed by atoms with van der Waals surface area (Å²) in [5, 5.41) is 0.187. The van der Waals surface area contributed by atoms with Gasteiger partial charge in [-0.2, -0.15) is 0 Å². The molecule has 0 aliphatic carbocycles. The van der Waals surface area contributed by atoms with E-state index in [1.54, 1.807) is 25.3 Å². The Morgan fingerprint density at radius 2 is 2.12 bits per heavy atom. The fourth-order valence-corrected chi connectivity index (χ4v) is 5.23. The Morgan fingerprint density at radius 3 is 2.88 bits per heavy atom. The molecule has 1 N–H and O–H groups in total. The van der Waals surface area contributed by atoms with E-state index in [1.807, 2.05) is 4.90 Å². The van der Waals surface area contributed by atoms with Gasteiger partial charge in [0.25, 0.3) is 0 Å². The van der Waals surface area contributed by atoms with Crippen LogP contribution >= 0.6 is 11.6 Å². The van der Waals surface area contributed by atoms with Crippen LogP contribution in [0, 0.1) is 5.82 Å². The number of hydrogen-bond donors (Lipinski definition) is 1. The Hall–Kier alpha value is -2.98. The van der Waals surface area contributed by atoms with Crippen LogP contribution < -0.4 is 9.46 Å². The van der Waals surface area contributed by atoms with Gasteiger partial charge in [0.15, 0.2) is 5.78 Å². The Bertz CT molecular complexity index is 1270. The Labute approximate surface area is 202 Å². The molecule has 1 atom stereocenters. The van der Waals surface area contributed by atoms with E-state index in [1.165, 1.54) is 18.3 Å². The second kappa shape index (κ2) is 10.1. The first-order chi connectivity index (χ1) is 16.3. The minimum atomic E-state index is -3.51. The number of ketones is 1. The number of rotatable bonds is 8. The van der Waals surface area contributed by atoms with Crippen LogP contribution in [-0.2, 0) is 14.8 Å². The lowest BCUT2D eigenvalue weighted by atomic mass is 10.1. The number of anilines is 1. The molecule has 1 aromatic carbocycles. The van der Waals surface area contributed by atoms with Gasteiger partial charge in [-0.1, -0.05) is 18.5 Å². The number of nitrogens with zero attached hydrogens (tertiary/aromatic N) is 3. The fraction of sp³-hybridized carbons (Fsp3) is 0.348. The molecule has 0 bridgehead atoms. The lowest BCUT2D eigenvalue weighted by molar-refractivity contribution is -0.113. The zero-order valence-corrected chi connectivity index (χ0v) is 20.1. The van der Waals surface area contributed by atoms with Crippen molar-refractivity contribution in [3.8, 4) is 17.0 Å². The summed E-state index contributed by atoms with van der Waals surface area (Å²) in [6.07, 6.45) is 4.11. The monoisotopic (exact) mass is 506 g/mol. The highest BCUT2D eigenvalue weighted by Gasteiger charge is 2.29. The molecule has 0 spiro atoms. The zero-order chi connectivity index (χ0) is 24.3. The van der Waals surface area contributed by atoms with E-state index in [4.69, 9.17) is 16.3 Å². The van der Waals surface area contributed by atoms with Crippen LogP contribution in [-0.4, -0.2) is 61.8 Å². The van der Waals surface area contributed by atoms with Gasteiger partial charge in [0.2, 0.25) is 15.9 Å². The molecule has 0 unspecified atom stereocenters. The van der Waals surface area contributed by atoms with Crippen molar-refractivity contribution >= 4 is 39.3 Å². The summed E-state index contributed by atoms with van der Waals surface area (Å²) in [7, 11) is -3.51. The average molecular weight is 507 g/mol. The van der Waals surface area contributed by atoms with E-state index < -0.39 is 15.8 Å². The van der Waals surface area contributed by atoms with Crippen molar-refractivity contribution in [1.29, 1.82) is 0 Å². The number of benzene rings is 1. The molecule has 180 valence electrons. The Balaban J connectivity index is 1.45. The molecule has 2 aliphatic heterocycles. The molecule has 8 nitrogen and oxygen atoms in total. The third-order valence-electron chi connectivity index (χ3n) is 5.45. The minimum Gasteiger partial charge on any atom is -0.472 e. The van der Waals surface area contributed by atoms with Gasteiger partial charge in [-0.25, -0.2) is 17.8 Å². The van der Waals surface area contributed by atoms with Crippen LogP contribution in [0.3, 0.4) is 0 Å². The lowest BCUT2D eigenvalue weighted by Crippen LogP contribution is -2.28. The van der Waals surface area contributed by atoms with Crippen LogP contribution in [0.4, 0.5) is 10.1 Å². The molecule has 1 aromatic heterocycles. The molecular formula is C23H24ClFN4O4S. The van der Waals surface area contributed by atoms with Crippen LogP contribution in [0.25, 0.3) is 11.1 Å². The molecule has 0 saturated carbocycles. The third kappa shape index (κ3) is 5.56. The number of aromatic nitrogens is 1. The maximum atomic E-state index is 14.8. The van der Waals surface area contributed by atoms with Gasteiger partial charge in [0, 0.05) is 37.0 Å². The van der Waals surface area contributed by atoms with Crippen molar-refractivity contribution in [3.63, 3.8) is 0 Å². The maximum absolute atomic E-state index is 14.8. The molecule has 0 radical (unpaired) electrons. The summed E-state index contributed by atoms with van der Waals surface area (Å²) in [6, 6.07) is 7.49. The van der Waals surface area contributed by atoms with Gasteiger partial charge < -0.3 is 9.64 Å². The van der Waals surface area contributed by atoms with E-state index in [-0.39, 0.29) is 34.9 Å². The number of sulfonamides is 1. The molecule has 2 aliphatic rings. The first kappa shape index (κ1) is 24.2. The van der Waals surface area contributed by atoms with E-state index in [9.17, 15) is 17.6 Å². The molecule has 1 fully saturated rings. The van der Waals surface area contributed by atoms with Crippen molar-refractivity contribution in [3.05, 3.63) is 53.1 Å². The third-order valence-corrected chi connectivity index (χ3v) is 7.35. The number of aliphatic imine (C=N–C) groups is 1. The van der Waals surface area contributed by atoms with Gasteiger partial charge in [-0.15, -0.1) is 0 Å². The Kier molecular flexibility index (Phi) is 7.18. The van der Waals surface area contributed by atoms with Gasteiger partial charge in [-0.05, 0) is 36.2 Å². The number of hydrogen-bond acceptors (Lipinski definition) is 7. The maximum Gasteiger partial charge on any atom is 0.232 e. The molecule has 0 amide bonds. The molecule has 34 heavy (non-hydrogen) atoms. The number of carbonyl (C=O) groups excluding carboxylic acids is 1. The highest BCUT2D eigenvalue weighted by atomic mass is 35.5. The number of halogens is 2. The number of pyridine rings is 1. The summed E-state index contributed by atoms with van der Waals surface area (Å²) in [5.41, 5.74) is 1.62. The zero-order valence-electron chi connectivity index (χ0n) is 18.5. The van der Waals surface area contributed by atoms with Crippen molar-refractivity contribution in [2.24, 2.45) is 4.99 Å². The normalized spacial score (nSPS) is 18.5. The fourth-order valence-electron chi connectivity index (χ4n) is 3.87. The molecular weight excluding hydrogens is 483 g/mol. The predicted molar refractivity (Wildman–Crippen MR) is 129 cm³/mol. The number of allylic oxidation sites excluding steroid dienone is 1. The highest BCUT2D eigenvalue weighted by Crippen LogP contribution is 2.29. The second-order valence-electron chi connectivity index (χ2n) is 8.07. The van der Waals surface area contributed by atoms with Gasteiger partial charge in [0.05, 0.1) is 23.7 Å². The molecule has 2 aromatic rings. The number of dihydropyridines is 1. The van der Waals surface area contributed by atoms with E-state index >= 15 is 0 Å². The molecule has 1 saturated heterocycles. The van der Waals surface area contributed by atoms with Crippen molar-refractivity contribution < 1.29 is 22.3 Å². The lowest BCUT2D eigenvalue weighted by Gasteiger charge is -2.22. The van der Waals surface area contributed by atoms with Crippen LogP contribution in [0.5, 0.6) is 5.88 Å². The second-order valence-corrected chi connectivity index (χ2v) is 10.3. The summed E-state index contributed by atoms with van der Waals surface area (Å²) in [4.78, 5) is 22.1. The largest absolute Gasteiger partial charge is 0.472 e. The standard InChI is InChI=1S/C23H24ClFN4O4S/c1-2-9-34(31,32)28-16-3-4-18(19(25)11-16)15-5-7-27-22(10-15)33-17-6-8-29(14-17)20-12-26-13-21(30)23(20)24/h3-5,7,10-12,17,28H,2,6,8-9,13-14H2,1H3/t17-/m1/s1. The van der Waals surface area contributed by atoms with E-state index in [0.29, 0.717) is 48.6 Å². The van der Waals surface area contributed by atoms with Gasteiger partial charge in [0.1, 0.15) is 23.5 Å². The predicted octanol–water partition coefficient (Wildman–Crippen LogP) is 3.60. The van der Waals surface area contributed by atoms with Crippen molar-refractivity contribution in [1.82, 2.24) is 9.88 Å². The Morgan fingerprint density at radius 1 is 1.29 bits per heavy atom. The topological polar surface area (TPSA) is 101 Å². The quantitative estimate of drug-likeness (QED) is 0.587. The minimum absolute atomic E-state index is 0.0351. The molecule has 4 rings (SSSR count). The summed E-state index contributed by atoms with van der Waals surface area (Å²) in [6.45, 7) is 2.98. The van der Waals surface area contributed by atoms with Crippen molar-refractivity contribution in [2.75, 3.05) is 30.1 Å². The van der Waals surface area contributed by atoms with E-state index in [0.717, 1.165) is 6.07 Å². The SMILES string of the molecule is CCCS(=O)(=O)Nc1ccc(-c2ccnc(O[C@@H]3CCN(C4=C(Cl)C(=O)CN=C4)C3)c2)c(F)c1. The molecule has 11 heteroatoms. The van der Waals surface area contributed by atoms with Crippen molar-refractivity contribution in [2.45, 2.75) is 25.9 Å². The first-order valence-electron chi connectivity index (χ1n) is 10.9. The highest BCUT2D eigenvalue weighted by molar-refractivity contribution is 7.92. The smallest absolute Gasteiger partial charge is 0.232 e. The number of nitrogens with one attached hydrogen (secondary N) is 1. The number of carbonyl (C=O) groups is 1.